The lowest BCUT2D eigenvalue weighted by atomic mass is 10.1. The molecule has 0 spiro atoms. The van der Waals surface area contributed by atoms with E-state index in [2.05, 4.69) is 10.2 Å². The minimum atomic E-state index is -0.0313. The first-order chi connectivity index (χ1) is 9.16. The van der Waals surface area contributed by atoms with Crippen molar-refractivity contribution in [2.45, 2.75) is 6.92 Å². The van der Waals surface area contributed by atoms with Crippen LogP contribution in [0.25, 0.3) is 0 Å². The van der Waals surface area contributed by atoms with Gasteiger partial charge in [-0.3, -0.25) is 9.69 Å². The van der Waals surface area contributed by atoms with Gasteiger partial charge in [-0.05, 0) is 24.6 Å². The van der Waals surface area contributed by atoms with Gasteiger partial charge in [-0.2, -0.15) is 11.8 Å². The molecule has 5 heteroatoms. The highest BCUT2D eigenvalue weighted by Gasteiger charge is 2.12. The normalized spacial score (nSPS) is 16.3. The van der Waals surface area contributed by atoms with E-state index >= 15 is 0 Å². The van der Waals surface area contributed by atoms with Crippen molar-refractivity contribution in [3.63, 3.8) is 0 Å². The minimum Gasteiger partial charge on any atom is -0.399 e. The number of nitrogens with one attached hydrogen (secondary N) is 1. The van der Waals surface area contributed by atoms with Crippen LogP contribution in [0.4, 0.5) is 5.69 Å². The van der Waals surface area contributed by atoms with E-state index < -0.39 is 0 Å². The first-order valence-corrected chi connectivity index (χ1v) is 7.77. The van der Waals surface area contributed by atoms with Crippen LogP contribution in [0.2, 0.25) is 0 Å². The second-order valence-electron chi connectivity index (χ2n) is 4.78. The maximum Gasteiger partial charge on any atom is 0.251 e. The van der Waals surface area contributed by atoms with Crippen molar-refractivity contribution in [3.8, 4) is 0 Å². The predicted molar refractivity (Wildman–Crippen MR) is 81.7 cm³/mol. The molecule has 1 saturated heterocycles. The molecule has 2 rings (SSSR count). The third-order valence-corrected chi connectivity index (χ3v) is 4.27. The minimum absolute atomic E-state index is 0.0313. The lowest BCUT2D eigenvalue weighted by Gasteiger charge is -2.26. The molecule has 1 amide bonds. The van der Waals surface area contributed by atoms with E-state index in [1.807, 2.05) is 30.8 Å². The molecule has 3 N–H and O–H groups in total. The molecule has 1 aromatic rings. The van der Waals surface area contributed by atoms with Gasteiger partial charge in [-0.1, -0.05) is 6.07 Å². The van der Waals surface area contributed by atoms with Crippen molar-refractivity contribution in [2.75, 3.05) is 43.4 Å². The van der Waals surface area contributed by atoms with Gasteiger partial charge in [0.15, 0.2) is 0 Å². The van der Waals surface area contributed by atoms with Gasteiger partial charge in [0.25, 0.3) is 5.91 Å². The quantitative estimate of drug-likeness (QED) is 0.817. The van der Waals surface area contributed by atoms with Crippen LogP contribution in [-0.4, -0.2) is 48.5 Å². The van der Waals surface area contributed by atoms with Crippen LogP contribution in [0.3, 0.4) is 0 Å². The molecule has 1 aliphatic heterocycles. The number of nitrogens with two attached hydrogens (primary N) is 1. The van der Waals surface area contributed by atoms with Gasteiger partial charge in [0.05, 0.1) is 0 Å². The number of hydrogen-bond acceptors (Lipinski definition) is 4. The number of anilines is 1. The lowest BCUT2D eigenvalue weighted by Crippen LogP contribution is -2.39. The van der Waals surface area contributed by atoms with E-state index in [1.165, 1.54) is 11.5 Å². The van der Waals surface area contributed by atoms with E-state index in [-0.39, 0.29) is 5.91 Å². The number of benzene rings is 1. The molecule has 1 fully saturated rings. The molecule has 4 nitrogen and oxygen atoms in total. The Morgan fingerprint density at radius 1 is 1.42 bits per heavy atom. The van der Waals surface area contributed by atoms with E-state index in [0.29, 0.717) is 17.8 Å². The van der Waals surface area contributed by atoms with Gasteiger partial charge in [0.2, 0.25) is 0 Å². The van der Waals surface area contributed by atoms with Crippen LogP contribution in [0, 0.1) is 6.92 Å². The fourth-order valence-electron chi connectivity index (χ4n) is 2.13. The van der Waals surface area contributed by atoms with Crippen LogP contribution in [0.1, 0.15) is 15.9 Å². The van der Waals surface area contributed by atoms with Crippen LogP contribution in [0.15, 0.2) is 18.2 Å². The zero-order valence-corrected chi connectivity index (χ0v) is 12.1. The predicted octanol–water partition coefficient (Wildman–Crippen LogP) is 1.36. The Morgan fingerprint density at radius 2 is 2.16 bits per heavy atom. The molecule has 0 radical (unpaired) electrons. The van der Waals surface area contributed by atoms with Crippen LogP contribution >= 0.6 is 11.8 Å². The van der Waals surface area contributed by atoms with E-state index in [4.69, 9.17) is 5.73 Å². The molecule has 0 bridgehead atoms. The van der Waals surface area contributed by atoms with Gasteiger partial charge in [-0.15, -0.1) is 0 Å². The van der Waals surface area contributed by atoms with Crippen molar-refractivity contribution in [2.24, 2.45) is 0 Å². The van der Waals surface area contributed by atoms with Gasteiger partial charge in [0.1, 0.15) is 0 Å². The van der Waals surface area contributed by atoms with E-state index in [0.717, 1.165) is 25.2 Å². The summed E-state index contributed by atoms with van der Waals surface area (Å²) in [6.45, 7) is 5.79. The van der Waals surface area contributed by atoms with Crippen LogP contribution in [0.5, 0.6) is 0 Å². The van der Waals surface area contributed by atoms with Gasteiger partial charge < -0.3 is 11.1 Å². The van der Waals surface area contributed by atoms with Crippen molar-refractivity contribution in [1.82, 2.24) is 10.2 Å². The molecule has 0 aromatic heterocycles. The first-order valence-electron chi connectivity index (χ1n) is 6.61. The van der Waals surface area contributed by atoms with E-state index in [9.17, 15) is 4.79 Å². The maximum absolute atomic E-state index is 12.1. The second kappa shape index (κ2) is 6.82. The van der Waals surface area contributed by atoms with Crippen molar-refractivity contribution in [3.05, 3.63) is 29.3 Å². The van der Waals surface area contributed by atoms with Crippen molar-refractivity contribution in [1.29, 1.82) is 0 Å². The molecule has 104 valence electrons. The number of nitrogens with zero attached hydrogens (tertiary/aromatic N) is 1. The summed E-state index contributed by atoms with van der Waals surface area (Å²) in [5.74, 6) is 2.36. The average molecular weight is 279 g/mol. The van der Waals surface area contributed by atoms with Crippen LogP contribution in [-0.2, 0) is 0 Å². The molecule has 1 aromatic carbocycles. The average Bonchev–Trinajstić information content (AvgIpc) is 2.42. The molecule has 19 heavy (non-hydrogen) atoms. The number of nitrogen functional groups attached to an aromatic ring is 1. The Labute approximate surface area is 118 Å². The number of thioether (sulfide) groups is 1. The zero-order valence-electron chi connectivity index (χ0n) is 11.3. The lowest BCUT2D eigenvalue weighted by molar-refractivity contribution is 0.0948. The zero-order chi connectivity index (χ0) is 13.7. The van der Waals surface area contributed by atoms with Gasteiger partial charge in [-0.25, -0.2) is 0 Å². The highest BCUT2D eigenvalue weighted by molar-refractivity contribution is 7.99. The number of rotatable bonds is 4. The maximum atomic E-state index is 12.1. The molecule has 1 aliphatic rings. The van der Waals surface area contributed by atoms with Crippen molar-refractivity contribution >= 4 is 23.4 Å². The fraction of sp³-hybridized carbons (Fsp3) is 0.500. The number of hydrogen-bond donors (Lipinski definition) is 2. The highest BCUT2D eigenvalue weighted by atomic mass is 32.2. The first kappa shape index (κ1) is 14.2. The SMILES string of the molecule is Cc1ccc(N)cc1C(=O)NCCN1CCSCC1. The summed E-state index contributed by atoms with van der Waals surface area (Å²) in [5.41, 5.74) is 7.98. The Kier molecular flexibility index (Phi) is 5.10. The number of amides is 1. The number of aryl methyl sites for hydroxylation is 1. The largest absolute Gasteiger partial charge is 0.399 e. The highest BCUT2D eigenvalue weighted by Crippen LogP contribution is 2.12. The summed E-state index contributed by atoms with van der Waals surface area (Å²) in [4.78, 5) is 14.5. The molecular weight excluding hydrogens is 258 g/mol. The smallest absolute Gasteiger partial charge is 0.251 e. The number of carbonyl (C=O) groups excluding carboxylic acids is 1. The Hall–Kier alpha value is -1.20. The monoisotopic (exact) mass is 279 g/mol. The molecule has 0 unspecified atom stereocenters. The van der Waals surface area contributed by atoms with Gasteiger partial charge in [0, 0.05) is 48.9 Å². The summed E-state index contributed by atoms with van der Waals surface area (Å²) in [5, 5.41) is 2.97. The summed E-state index contributed by atoms with van der Waals surface area (Å²) < 4.78 is 0. The molecular formula is C14H21N3OS. The van der Waals surface area contributed by atoms with Crippen molar-refractivity contribution < 1.29 is 4.79 Å². The van der Waals surface area contributed by atoms with Gasteiger partial charge >= 0.3 is 0 Å². The fourth-order valence-corrected chi connectivity index (χ4v) is 3.11. The summed E-state index contributed by atoms with van der Waals surface area (Å²) in [6, 6.07) is 5.44. The topological polar surface area (TPSA) is 58.4 Å². The third kappa shape index (κ3) is 4.14. The Balaban J connectivity index is 1.82. The second-order valence-corrected chi connectivity index (χ2v) is 6.01. The Morgan fingerprint density at radius 3 is 2.89 bits per heavy atom. The molecule has 0 atom stereocenters. The summed E-state index contributed by atoms with van der Waals surface area (Å²) >= 11 is 2.00. The summed E-state index contributed by atoms with van der Waals surface area (Å²) in [6.07, 6.45) is 0. The number of carbonyl (C=O) groups is 1. The molecule has 0 aliphatic carbocycles. The Bertz CT molecular complexity index is 444. The van der Waals surface area contributed by atoms with Crippen LogP contribution < -0.4 is 11.1 Å². The standard InChI is InChI=1S/C14H21N3OS/c1-11-2-3-12(15)10-13(11)14(18)16-4-5-17-6-8-19-9-7-17/h2-3,10H,4-9,15H2,1H3,(H,16,18). The molecule has 0 saturated carbocycles. The van der Waals surface area contributed by atoms with E-state index in [1.54, 1.807) is 6.07 Å². The third-order valence-electron chi connectivity index (χ3n) is 3.32. The summed E-state index contributed by atoms with van der Waals surface area (Å²) in [7, 11) is 0. The molecule has 1 heterocycles.